The molecule has 0 nitrogen and oxygen atoms in total. The SMILES string of the molecule is CC1(F)CC(F)(F)CC1(F)F.CC1(F)CCC(F)(F)CC1(F)F.CC1CCC(C)(C(F)(F)F)CC1.CCC1(C(F)(F)F)CCCC1.CCC1(C(F)(F)F)CCCCC1.CCC1(C)CCCC1.CCC1(C)CCCCC1.C[C@@H]1CCC(C)(C(F)F)C(F)(F)C1(F)F.C[C@@H]1CCC(C)(C)C(F)(F)C1(F)F.Cc1ccccc1. The van der Waals surface area contributed by atoms with E-state index in [2.05, 4.69) is 46.8 Å². The first-order valence-corrected chi connectivity index (χ1v) is 39.2. The third-order valence-corrected chi connectivity index (χ3v) is 26.0. The number of rotatable bonds is 5. The average Bonchev–Trinajstić information content (AvgIpc) is 1.18. The van der Waals surface area contributed by atoms with E-state index in [-0.39, 0.29) is 32.1 Å². The molecule has 9 aliphatic rings. The van der Waals surface area contributed by atoms with Gasteiger partial charge in [0, 0.05) is 23.7 Å². The van der Waals surface area contributed by atoms with Gasteiger partial charge in [0.2, 0.25) is 6.43 Å². The second-order valence-electron chi connectivity index (χ2n) is 35.4. The zero-order valence-corrected chi connectivity index (χ0v) is 67.4. The largest absolute Gasteiger partial charge is 0.394 e. The Labute approximate surface area is 636 Å². The molecule has 1 aromatic carbocycles. The summed E-state index contributed by atoms with van der Waals surface area (Å²) in [4.78, 5) is 0. The summed E-state index contributed by atoms with van der Waals surface area (Å²) in [5.41, 5.74) is -11.7. The van der Waals surface area contributed by atoms with E-state index >= 15 is 0 Å². The van der Waals surface area contributed by atoms with Crippen molar-refractivity contribution in [2.45, 2.75) is 419 Å². The minimum Gasteiger partial charge on any atom is -0.238 e. The van der Waals surface area contributed by atoms with Crippen molar-refractivity contribution in [1.29, 1.82) is 0 Å². The summed E-state index contributed by atoms with van der Waals surface area (Å²) in [6.07, 6.45) is 1.57. The summed E-state index contributed by atoms with van der Waals surface area (Å²) in [5.74, 6) is -33.9. The molecular formula is C81H127F29. The number of benzene rings is 1. The lowest BCUT2D eigenvalue weighted by molar-refractivity contribution is -0.327. The molecule has 654 valence electrons. The van der Waals surface area contributed by atoms with Gasteiger partial charge in [-0.3, -0.25) is 0 Å². The highest BCUT2D eigenvalue weighted by Crippen LogP contribution is 2.62. The average molecular weight is 1650 g/mol. The predicted octanol–water partition coefficient (Wildman–Crippen LogP) is 33.2. The maximum atomic E-state index is 13.3. The Morgan fingerprint density at radius 3 is 0.945 bits per heavy atom. The van der Waals surface area contributed by atoms with Crippen LogP contribution in [-0.2, 0) is 0 Å². The maximum absolute atomic E-state index is 13.3. The van der Waals surface area contributed by atoms with Gasteiger partial charge < -0.3 is 0 Å². The third-order valence-electron chi connectivity index (χ3n) is 26.0. The first-order valence-electron chi connectivity index (χ1n) is 39.2. The van der Waals surface area contributed by atoms with Crippen molar-refractivity contribution in [2.24, 2.45) is 55.7 Å². The molecule has 0 bridgehead atoms. The summed E-state index contributed by atoms with van der Waals surface area (Å²) < 4.78 is 368. The van der Waals surface area contributed by atoms with Crippen LogP contribution in [0.5, 0.6) is 0 Å². The third kappa shape index (κ3) is 27.7. The van der Waals surface area contributed by atoms with E-state index in [9.17, 15) is 127 Å². The molecule has 10 rings (SSSR count). The van der Waals surface area contributed by atoms with Crippen molar-refractivity contribution >= 4 is 0 Å². The van der Waals surface area contributed by atoms with E-state index in [1.165, 1.54) is 104 Å². The molecule has 0 radical (unpaired) electrons. The van der Waals surface area contributed by atoms with Crippen LogP contribution in [0.15, 0.2) is 30.3 Å². The van der Waals surface area contributed by atoms with E-state index < -0.39 is 161 Å². The minimum absolute atomic E-state index is 0.150. The van der Waals surface area contributed by atoms with Crippen LogP contribution in [0.3, 0.4) is 0 Å². The Kier molecular flexibility index (Phi) is 37.9. The van der Waals surface area contributed by atoms with Crippen molar-refractivity contribution in [3.05, 3.63) is 35.9 Å². The van der Waals surface area contributed by atoms with Crippen molar-refractivity contribution in [1.82, 2.24) is 0 Å². The second kappa shape index (κ2) is 39.6. The maximum Gasteiger partial charge on any atom is 0.394 e. The number of hydrogen-bond acceptors (Lipinski definition) is 0. The highest BCUT2D eigenvalue weighted by atomic mass is 19.4. The molecule has 29 heteroatoms. The van der Waals surface area contributed by atoms with Crippen molar-refractivity contribution < 1.29 is 127 Å². The van der Waals surface area contributed by atoms with Gasteiger partial charge in [0.25, 0.3) is 23.7 Å². The Hall–Kier alpha value is -2.81. The number of hydrogen-bond donors (Lipinski definition) is 0. The van der Waals surface area contributed by atoms with Gasteiger partial charge in [-0.05, 0) is 166 Å². The fraction of sp³-hybridized carbons (Fsp3) is 0.926. The number of halogens is 29. The summed E-state index contributed by atoms with van der Waals surface area (Å²) in [7, 11) is 0. The second-order valence-corrected chi connectivity index (χ2v) is 35.4. The van der Waals surface area contributed by atoms with E-state index in [1.54, 1.807) is 13.8 Å². The quantitative estimate of drug-likeness (QED) is 0.258. The lowest BCUT2D eigenvalue weighted by Crippen LogP contribution is -2.61. The topological polar surface area (TPSA) is 0 Å². The molecule has 9 fully saturated rings. The van der Waals surface area contributed by atoms with Crippen LogP contribution in [0.4, 0.5) is 127 Å². The molecule has 110 heavy (non-hydrogen) atoms. The zero-order valence-electron chi connectivity index (χ0n) is 67.4. The van der Waals surface area contributed by atoms with Gasteiger partial charge >= 0.3 is 42.2 Å². The number of alkyl halides is 29. The van der Waals surface area contributed by atoms with Gasteiger partial charge in [-0.25, -0.2) is 52.7 Å². The van der Waals surface area contributed by atoms with E-state index in [0.717, 1.165) is 62.7 Å². The van der Waals surface area contributed by atoms with Gasteiger partial charge in [0.1, 0.15) is 0 Å². The molecule has 0 aliphatic heterocycles. The summed E-state index contributed by atoms with van der Waals surface area (Å²) in [6.45, 7) is 24.5. The first-order chi connectivity index (χ1) is 49.3. The van der Waals surface area contributed by atoms with Crippen LogP contribution in [0.25, 0.3) is 0 Å². The van der Waals surface area contributed by atoms with Crippen LogP contribution < -0.4 is 0 Å². The highest BCUT2D eigenvalue weighted by molar-refractivity contribution is 5.12. The smallest absolute Gasteiger partial charge is 0.238 e. The zero-order chi connectivity index (χ0) is 86.2. The minimum atomic E-state index is -4.66. The van der Waals surface area contributed by atoms with E-state index in [1.807, 2.05) is 25.1 Å². The Morgan fingerprint density at radius 2 is 0.691 bits per heavy atom. The molecule has 3 unspecified atom stereocenters. The van der Waals surface area contributed by atoms with Crippen molar-refractivity contribution in [3.63, 3.8) is 0 Å². The van der Waals surface area contributed by atoms with E-state index in [0.29, 0.717) is 65.2 Å². The molecule has 0 N–H and O–H groups in total. The molecular weight excluding hydrogens is 1520 g/mol. The lowest BCUT2D eigenvalue weighted by Gasteiger charge is -2.47. The predicted molar refractivity (Wildman–Crippen MR) is 377 cm³/mol. The van der Waals surface area contributed by atoms with Crippen molar-refractivity contribution in [3.8, 4) is 0 Å². The molecule has 5 atom stereocenters. The monoisotopic (exact) mass is 1650 g/mol. The Balaban J connectivity index is 0.000000614. The molecule has 0 saturated heterocycles. The van der Waals surface area contributed by atoms with Crippen LogP contribution in [0, 0.1) is 62.6 Å². The van der Waals surface area contributed by atoms with Gasteiger partial charge in [0.05, 0.1) is 40.9 Å². The van der Waals surface area contributed by atoms with Crippen LogP contribution >= 0.6 is 0 Å². The van der Waals surface area contributed by atoms with Gasteiger partial charge in [-0.15, -0.1) is 0 Å². The van der Waals surface area contributed by atoms with E-state index in [4.69, 9.17) is 0 Å². The summed E-state index contributed by atoms with van der Waals surface area (Å²) in [6, 6.07) is 10.3. The number of aryl methyl sites for hydroxylation is 1. The Morgan fingerprint density at radius 1 is 0.355 bits per heavy atom. The molecule has 9 saturated carbocycles. The van der Waals surface area contributed by atoms with Crippen LogP contribution in [-0.4, -0.2) is 83.7 Å². The molecule has 0 spiro atoms. The fourth-order valence-corrected chi connectivity index (χ4v) is 15.4. The molecule has 0 amide bonds. The highest BCUT2D eigenvalue weighted by Gasteiger charge is 2.74. The molecule has 0 aromatic heterocycles. The standard InChI is InChI=1S/C9H12F6.C9H14F4.2C9H15F3.C9H18.C8H13F3.C8H16.C7H9F5.C7H8.C6H7F5/c1-5-3-4-7(2,6(10)11)9(14,15)8(5,12)13;1-6-4-5-7(2,3)9(12,13)8(6,10)11;1-7-3-5-8(2,6-4-7)9(10,11)12;1-2-8(9(10,11)12)6-4-3-5-7-8;1-3-9(2)7-5-4-6-8-9;1-2-7(8(9,10)11)5-3-4-6-7;1-3-8(2)6-4-5-7-8;1-5(8)2-3-6(9,10)4-7(5,11)12;1-7-5-3-2-4-6-7;1-4(7)2-5(8,9)3-6(4,10)11/h5-6H,3-4H2,1-2H3;6H,4-5H2,1-3H3;7H,3-6H2,1-2H3;2-7H2,1H3;3-8H2,1-2H3;2-6H2,1H3;3-7H2,1-2H3;2-4H2,1H3;2-6H,1H3;2-3H2,1H3/t5-,7?;6-;;;;;;;;/m11......../s1. The van der Waals surface area contributed by atoms with Gasteiger partial charge in [-0.1, -0.05) is 196 Å². The van der Waals surface area contributed by atoms with Gasteiger partial charge in [-0.2, -0.15) is 74.6 Å². The first kappa shape index (κ1) is 105. The van der Waals surface area contributed by atoms with Gasteiger partial charge in [0.15, 0.2) is 11.3 Å². The molecule has 1 aromatic rings. The Bertz CT molecular complexity index is 2730. The summed E-state index contributed by atoms with van der Waals surface area (Å²) in [5, 5.41) is 0. The molecule has 0 heterocycles. The molecule has 9 aliphatic carbocycles. The fourth-order valence-electron chi connectivity index (χ4n) is 15.4. The summed E-state index contributed by atoms with van der Waals surface area (Å²) >= 11 is 0. The van der Waals surface area contributed by atoms with Crippen molar-refractivity contribution in [2.75, 3.05) is 0 Å². The van der Waals surface area contributed by atoms with Crippen LogP contribution in [0.1, 0.15) is 334 Å². The normalized spacial score (nSPS) is 31.8. The van der Waals surface area contributed by atoms with Crippen LogP contribution in [0.2, 0.25) is 0 Å². The lowest BCUT2D eigenvalue weighted by atomic mass is 9.67.